The van der Waals surface area contributed by atoms with Crippen molar-refractivity contribution < 1.29 is 9.84 Å². The van der Waals surface area contributed by atoms with Gasteiger partial charge in [-0.1, -0.05) is 17.7 Å². The average Bonchev–Trinajstić information content (AvgIpc) is 2.20. The number of allylic oxidation sites excluding steroid dienone is 1. The molecule has 0 aromatic heterocycles. The fraction of sp³-hybridized carbons (Fsp3) is 0.429. The molecule has 0 fully saturated rings. The molecule has 0 radical (unpaired) electrons. The number of aliphatic hydroxyl groups excluding tert-OH is 1. The zero-order valence-electron chi connectivity index (χ0n) is 10.1. The van der Waals surface area contributed by atoms with Crippen LogP contribution < -0.4 is 4.74 Å². The highest BCUT2D eigenvalue weighted by molar-refractivity contribution is 5.39. The molecule has 16 heavy (non-hydrogen) atoms. The van der Waals surface area contributed by atoms with Crippen molar-refractivity contribution in [2.24, 2.45) is 0 Å². The summed E-state index contributed by atoms with van der Waals surface area (Å²) < 4.78 is 5.87. The van der Waals surface area contributed by atoms with Crippen molar-refractivity contribution in [1.29, 1.82) is 0 Å². The van der Waals surface area contributed by atoms with Crippen LogP contribution in [0.5, 0.6) is 5.75 Å². The van der Waals surface area contributed by atoms with Gasteiger partial charge in [0.25, 0.3) is 0 Å². The van der Waals surface area contributed by atoms with Crippen molar-refractivity contribution >= 4 is 0 Å². The minimum absolute atomic E-state index is 0.318. The Bertz CT molecular complexity index is 430. The van der Waals surface area contributed by atoms with Gasteiger partial charge in [0.2, 0.25) is 0 Å². The van der Waals surface area contributed by atoms with Crippen LogP contribution in [0.3, 0.4) is 0 Å². The van der Waals surface area contributed by atoms with Crippen molar-refractivity contribution in [3.8, 4) is 5.75 Å². The molecular formula is C14H18O2. The van der Waals surface area contributed by atoms with Crippen LogP contribution in [0.2, 0.25) is 0 Å². The van der Waals surface area contributed by atoms with Gasteiger partial charge in [-0.3, -0.25) is 0 Å². The van der Waals surface area contributed by atoms with Crippen LogP contribution in [0.1, 0.15) is 31.4 Å². The number of rotatable bonds is 0. The van der Waals surface area contributed by atoms with E-state index in [-0.39, 0.29) is 0 Å². The molecule has 1 aliphatic heterocycles. The van der Waals surface area contributed by atoms with Crippen molar-refractivity contribution in [2.75, 3.05) is 0 Å². The second kappa shape index (κ2) is 3.85. The molecule has 0 unspecified atom stereocenters. The molecule has 2 nitrogen and oxygen atoms in total. The molecule has 1 aromatic rings. The van der Waals surface area contributed by atoms with Gasteiger partial charge in [0.1, 0.15) is 11.5 Å². The molecule has 2 rings (SSSR count). The highest BCUT2D eigenvalue weighted by atomic mass is 16.5. The minimum Gasteiger partial charge on any atom is -0.508 e. The molecule has 0 bridgehead atoms. The summed E-state index contributed by atoms with van der Waals surface area (Å²) in [4.78, 5) is 0. The number of ether oxygens (including phenoxy) is 1. The van der Waals surface area contributed by atoms with E-state index in [1.807, 2.05) is 32.1 Å². The van der Waals surface area contributed by atoms with Crippen molar-refractivity contribution in [2.45, 2.75) is 39.2 Å². The van der Waals surface area contributed by atoms with Gasteiger partial charge >= 0.3 is 0 Å². The van der Waals surface area contributed by atoms with E-state index in [0.717, 1.165) is 18.6 Å². The van der Waals surface area contributed by atoms with Gasteiger partial charge in [-0.15, -0.1) is 0 Å². The maximum atomic E-state index is 9.86. The van der Waals surface area contributed by atoms with E-state index in [1.165, 1.54) is 11.1 Å². The number of hydrogen-bond acceptors (Lipinski definition) is 2. The Labute approximate surface area is 96.6 Å². The van der Waals surface area contributed by atoms with Crippen LogP contribution in [-0.4, -0.2) is 10.7 Å². The lowest BCUT2D eigenvalue weighted by Gasteiger charge is -2.29. The zero-order chi connectivity index (χ0) is 11.8. The van der Waals surface area contributed by atoms with Crippen LogP contribution in [0, 0.1) is 6.92 Å². The highest BCUT2D eigenvalue weighted by Gasteiger charge is 2.27. The van der Waals surface area contributed by atoms with Crippen LogP contribution in [0.4, 0.5) is 0 Å². The Morgan fingerprint density at radius 2 is 2.06 bits per heavy atom. The fourth-order valence-electron chi connectivity index (χ4n) is 1.94. The Morgan fingerprint density at radius 1 is 1.31 bits per heavy atom. The first-order valence-electron chi connectivity index (χ1n) is 5.67. The summed E-state index contributed by atoms with van der Waals surface area (Å²) in [6, 6.07) is 6.18. The first-order valence-corrected chi connectivity index (χ1v) is 5.67. The number of benzene rings is 1. The van der Waals surface area contributed by atoms with Gasteiger partial charge in [0, 0.05) is 0 Å². The van der Waals surface area contributed by atoms with E-state index in [4.69, 9.17) is 4.74 Å². The average molecular weight is 218 g/mol. The van der Waals surface area contributed by atoms with Crippen molar-refractivity contribution in [3.05, 3.63) is 41.2 Å². The molecule has 1 heterocycles. The molecule has 0 amide bonds. The van der Waals surface area contributed by atoms with Crippen molar-refractivity contribution in [3.63, 3.8) is 0 Å². The van der Waals surface area contributed by atoms with Gasteiger partial charge in [0.05, 0.1) is 0 Å². The van der Waals surface area contributed by atoms with E-state index in [2.05, 4.69) is 13.0 Å². The molecule has 2 heteroatoms. The molecule has 0 spiro atoms. The Kier molecular flexibility index (Phi) is 2.66. The van der Waals surface area contributed by atoms with Crippen LogP contribution in [0.25, 0.3) is 0 Å². The smallest absolute Gasteiger partial charge is 0.159 e. The summed E-state index contributed by atoms with van der Waals surface area (Å²) in [6.07, 6.45) is 3.62. The van der Waals surface area contributed by atoms with Gasteiger partial charge in [0.15, 0.2) is 5.60 Å². The van der Waals surface area contributed by atoms with Crippen LogP contribution in [0.15, 0.2) is 30.0 Å². The molecule has 0 aliphatic carbocycles. The summed E-state index contributed by atoms with van der Waals surface area (Å²) in [5.41, 5.74) is 1.83. The van der Waals surface area contributed by atoms with Crippen LogP contribution in [-0.2, 0) is 6.42 Å². The number of aliphatic hydroxyl groups is 1. The van der Waals surface area contributed by atoms with Gasteiger partial charge in [-0.05, 0) is 51.3 Å². The molecule has 86 valence electrons. The van der Waals surface area contributed by atoms with Gasteiger partial charge in [-0.25, -0.2) is 0 Å². The van der Waals surface area contributed by atoms with E-state index >= 15 is 0 Å². The fourth-order valence-corrected chi connectivity index (χ4v) is 1.94. The molecule has 0 saturated heterocycles. The quantitative estimate of drug-likeness (QED) is 0.721. The van der Waals surface area contributed by atoms with Gasteiger partial charge < -0.3 is 9.84 Å². The van der Waals surface area contributed by atoms with Gasteiger partial charge in [-0.2, -0.15) is 0 Å². The SMILES string of the molecule is Cc1ccc2c(c1)CC/C=C(\O)C(C)(C)O2. The second-order valence-electron chi connectivity index (χ2n) is 4.85. The molecular weight excluding hydrogens is 200 g/mol. The summed E-state index contributed by atoms with van der Waals surface area (Å²) in [5.74, 6) is 1.20. The summed E-state index contributed by atoms with van der Waals surface area (Å²) >= 11 is 0. The third-order valence-corrected chi connectivity index (χ3v) is 2.95. The lowest BCUT2D eigenvalue weighted by molar-refractivity contribution is 0.0928. The second-order valence-corrected chi connectivity index (χ2v) is 4.85. The lowest BCUT2D eigenvalue weighted by Crippen LogP contribution is -2.32. The maximum Gasteiger partial charge on any atom is 0.159 e. The monoisotopic (exact) mass is 218 g/mol. The predicted molar refractivity (Wildman–Crippen MR) is 64.9 cm³/mol. The number of hydrogen-bond donors (Lipinski definition) is 1. The number of fused-ring (bicyclic) bond motifs is 1. The third kappa shape index (κ3) is 2.06. The molecule has 1 aliphatic rings. The zero-order valence-corrected chi connectivity index (χ0v) is 10.1. The molecule has 0 saturated carbocycles. The first kappa shape index (κ1) is 11.1. The predicted octanol–water partition coefficient (Wildman–Crippen LogP) is 3.54. The standard InChI is InChI=1S/C14H18O2/c1-10-7-8-12-11(9-10)5-4-6-13(15)14(2,3)16-12/h6-9,15H,4-5H2,1-3H3/b13-6-. The minimum atomic E-state index is -0.634. The maximum absolute atomic E-state index is 9.86. The van der Waals surface area contributed by atoms with E-state index in [0.29, 0.717) is 5.76 Å². The topological polar surface area (TPSA) is 29.5 Å². The lowest BCUT2D eigenvalue weighted by atomic mass is 9.99. The molecule has 1 aromatic carbocycles. The summed E-state index contributed by atoms with van der Waals surface area (Å²) in [6.45, 7) is 5.85. The van der Waals surface area contributed by atoms with Crippen LogP contribution >= 0.6 is 0 Å². The Balaban J connectivity index is 2.42. The summed E-state index contributed by atoms with van der Waals surface area (Å²) in [5, 5.41) is 9.86. The summed E-state index contributed by atoms with van der Waals surface area (Å²) in [7, 11) is 0. The Morgan fingerprint density at radius 3 is 2.81 bits per heavy atom. The normalized spacial score (nSPS) is 22.1. The van der Waals surface area contributed by atoms with E-state index in [1.54, 1.807) is 0 Å². The van der Waals surface area contributed by atoms with Crippen molar-refractivity contribution in [1.82, 2.24) is 0 Å². The first-order chi connectivity index (χ1) is 7.49. The van der Waals surface area contributed by atoms with E-state index < -0.39 is 5.60 Å². The van der Waals surface area contributed by atoms with E-state index in [9.17, 15) is 5.11 Å². The molecule has 1 N–H and O–H groups in total. The molecule has 0 atom stereocenters. The Hall–Kier alpha value is -1.44. The highest BCUT2D eigenvalue weighted by Crippen LogP contribution is 2.30. The number of aryl methyl sites for hydroxylation is 2. The largest absolute Gasteiger partial charge is 0.508 e. The third-order valence-electron chi connectivity index (χ3n) is 2.95.